The van der Waals surface area contributed by atoms with Gasteiger partial charge in [-0.25, -0.2) is 0 Å². The van der Waals surface area contributed by atoms with Gasteiger partial charge in [-0.05, 0) is 22.3 Å². The lowest BCUT2D eigenvalue weighted by Crippen LogP contribution is -1.94. The third kappa shape index (κ3) is 5.37. The first-order valence-electron chi connectivity index (χ1n) is 7.96. The fourth-order valence-electron chi connectivity index (χ4n) is 2.46. The molecule has 2 rings (SSSR count). The van der Waals surface area contributed by atoms with Crippen molar-refractivity contribution >= 4 is 15.2 Å². The van der Waals surface area contributed by atoms with Crippen LogP contribution in [0.4, 0.5) is 0 Å². The van der Waals surface area contributed by atoms with Crippen LogP contribution in [0.2, 0.25) is 0 Å². The molecule has 0 fully saturated rings. The second kappa shape index (κ2) is 9.09. The van der Waals surface area contributed by atoms with Crippen LogP contribution in [0.15, 0.2) is 48.5 Å². The Labute approximate surface area is 154 Å². The van der Waals surface area contributed by atoms with Gasteiger partial charge >= 0.3 is 15.2 Å². The second-order valence-electron chi connectivity index (χ2n) is 5.66. The minimum atomic E-state index is -3.07. The molecule has 0 saturated carbocycles. The lowest BCUT2D eigenvalue weighted by Gasteiger charge is -2.14. The summed E-state index contributed by atoms with van der Waals surface area (Å²) in [5.41, 5.74) is 3.79. The molecule has 2 aromatic rings. The van der Waals surface area contributed by atoms with Crippen molar-refractivity contribution in [1.29, 1.82) is 0 Å². The predicted octanol–water partition coefficient (Wildman–Crippen LogP) is 5.33. The summed E-state index contributed by atoms with van der Waals surface area (Å²) in [6, 6.07) is 15.4. The Morgan fingerprint density at radius 1 is 0.577 bits per heavy atom. The van der Waals surface area contributed by atoms with Gasteiger partial charge in [0.2, 0.25) is 0 Å². The Hall–Kier alpha value is -1.26. The van der Waals surface area contributed by atoms with Crippen LogP contribution < -0.4 is 0 Å². The van der Waals surface area contributed by atoms with Crippen molar-refractivity contribution in [2.45, 2.75) is 12.3 Å². The van der Waals surface area contributed by atoms with E-state index in [0.29, 0.717) is 0 Å². The van der Waals surface area contributed by atoms with E-state index < -0.39 is 15.2 Å². The normalized spacial score (nSPS) is 12.3. The van der Waals surface area contributed by atoms with E-state index in [4.69, 9.17) is 18.1 Å². The summed E-state index contributed by atoms with van der Waals surface area (Å²) in [6.07, 6.45) is 0.449. The summed E-state index contributed by atoms with van der Waals surface area (Å²) in [5, 5.41) is 0. The van der Waals surface area contributed by atoms with E-state index in [-0.39, 0.29) is 12.3 Å². The highest BCUT2D eigenvalue weighted by Crippen LogP contribution is 2.50. The summed E-state index contributed by atoms with van der Waals surface area (Å²) in [7, 11) is -0.622. The van der Waals surface area contributed by atoms with Crippen molar-refractivity contribution in [3.8, 4) is 11.1 Å². The highest BCUT2D eigenvalue weighted by molar-refractivity contribution is 7.53. The van der Waals surface area contributed by atoms with Crippen LogP contribution in [-0.4, -0.2) is 28.4 Å². The molecule has 0 N–H and O–H groups in total. The quantitative estimate of drug-likeness (QED) is 0.532. The molecule has 26 heavy (non-hydrogen) atoms. The van der Waals surface area contributed by atoms with Gasteiger partial charge in [-0.2, -0.15) is 0 Å². The topological polar surface area (TPSA) is 71.1 Å². The van der Waals surface area contributed by atoms with Crippen molar-refractivity contribution in [2.75, 3.05) is 28.4 Å². The van der Waals surface area contributed by atoms with Crippen LogP contribution >= 0.6 is 15.2 Å². The largest absolute Gasteiger partial charge is 0.334 e. The van der Waals surface area contributed by atoms with E-state index in [9.17, 15) is 9.13 Å². The summed E-state index contributed by atoms with van der Waals surface area (Å²) < 4.78 is 44.2. The lowest BCUT2D eigenvalue weighted by molar-refractivity contribution is 0.274. The standard InChI is InChI=1S/C18H24O6P2/c1-21-25(19,22-2)13-15-5-9-17(10-6-15)18-11-7-16(8-12-18)14-26(20,23-3)24-4/h5-12H,13-14H2,1-4H3. The van der Waals surface area contributed by atoms with E-state index in [1.807, 2.05) is 48.5 Å². The Morgan fingerprint density at radius 3 is 1.08 bits per heavy atom. The van der Waals surface area contributed by atoms with Gasteiger partial charge in [-0.1, -0.05) is 48.5 Å². The van der Waals surface area contributed by atoms with Gasteiger partial charge in [0.1, 0.15) is 0 Å². The Balaban J connectivity index is 2.12. The molecule has 142 valence electrons. The van der Waals surface area contributed by atoms with Gasteiger partial charge in [0.15, 0.2) is 0 Å². The minimum Gasteiger partial charge on any atom is -0.312 e. The van der Waals surface area contributed by atoms with Crippen LogP contribution in [0.3, 0.4) is 0 Å². The van der Waals surface area contributed by atoms with Gasteiger partial charge in [0.05, 0.1) is 12.3 Å². The molecular weight excluding hydrogens is 374 g/mol. The summed E-state index contributed by atoms with van der Waals surface area (Å²) in [5.74, 6) is 0. The lowest BCUT2D eigenvalue weighted by atomic mass is 10.0. The Morgan fingerprint density at radius 2 is 0.846 bits per heavy atom. The SMILES string of the molecule is COP(=O)(Cc1ccc(-c2ccc(CP(=O)(OC)OC)cc2)cc1)OC. The van der Waals surface area contributed by atoms with E-state index >= 15 is 0 Å². The molecule has 2 aromatic carbocycles. The maximum Gasteiger partial charge on any atom is 0.334 e. The molecule has 0 unspecified atom stereocenters. The van der Waals surface area contributed by atoms with Crippen LogP contribution in [0, 0.1) is 0 Å². The zero-order valence-corrected chi connectivity index (χ0v) is 17.2. The van der Waals surface area contributed by atoms with E-state index in [1.165, 1.54) is 28.4 Å². The van der Waals surface area contributed by atoms with Crippen molar-refractivity contribution in [3.63, 3.8) is 0 Å². The van der Waals surface area contributed by atoms with Crippen LogP contribution in [0.5, 0.6) is 0 Å². The van der Waals surface area contributed by atoms with E-state index in [1.54, 1.807) is 0 Å². The summed E-state index contributed by atoms with van der Waals surface area (Å²) in [6.45, 7) is 0. The zero-order chi connectivity index (χ0) is 19.2. The van der Waals surface area contributed by atoms with Gasteiger partial charge in [-0.3, -0.25) is 9.13 Å². The number of hydrogen-bond acceptors (Lipinski definition) is 6. The monoisotopic (exact) mass is 398 g/mol. The van der Waals surface area contributed by atoms with Gasteiger partial charge in [0, 0.05) is 28.4 Å². The molecular formula is C18H24O6P2. The van der Waals surface area contributed by atoms with Crippen molar-refractivity contribution in [3.05, 3.63) is 59.7 Å². The maximum absolute atomic E-state index is 12.2. The molecule has 0 radical (unpaired) electrons. The molecule has 0 heterocycles. The first-order chi connectivity index (χ1) is 12.4. The Kier molecular flexibility index (Phi) is 7.36. The molecule has 0 amide bonds. The second-order valence-corrected chi connectivity index (χ2v) is 10.2. The van der Waals surface area contributed by atoms with Crippen molar-refractivity contribution in [2.24, 2.45) is 0 Å². The molecule has 6 nitrogen and oxygen atoms in total. The fourth-order valence-corrected chi connectivity index (χ4v) is 4.59. The smallest absolute Gasteiger partial charge is 0.312 e. The number of hydrogen-bond donors (Lipinski definition) is 0. The number of benzene rings is 2. The average Bonchev–Trinajstić information content (AvgIpc) is 2.69. The molecule has 0 aliphatic rings. The molecule has 0 atom stereocenters. The molecule has 0 aliphatic carbocycles. The first-order valence-corrected chi connectivity index (χ1v) is 11.4. The highest BCUT2D eigenvalue weighted by Gasteiger charge is 2.22. The number of rotatable bonds is 9. The molecule has 0 saturated heterocycles. The van der Waals surface area contributed by atoms with Gasteiger partial charge < -0.3 is 18.1 Å². The highest BCUT2D eigenvalue weighted by atomic mass is 31.2. The predicted molar refractivity (Wildman–Crippen MR) is 103 cm³/mol. The molecule has 0 aromatic heterocycles. The Bertz CT molecular complexity index is 716. The molecule has 0 bridgehead atoms. The zero-order valence-electron chi connectivity index (χ0n) is 15.4. The van der Waals surface area contributed by atoms with E-state index in [2.05, 4.69) is 0 Å². The molecule has 8 heteroatoms. The molecule has 0 aliphatic heterocycles. The van der Waals surface area contributed by atoms with Crippen molar-refractivity contribution < 1.29 is 27.2 Å². The fraction of sp³-hybridized carbons (Fsp3) is 0.333. The minimum absolute atomic E-state index is 0.225. The van der Waals surface area contributed by atoms with Gasteiger partial charge in [-0.15, -0.1) is 0 Å². The van der Waals surface area contributed by atoms with Crippen LogP contribution in [0.1, 0.15) is 11.1 Å². The maximum atomic E-state index is 12.2. The van der Waals surface area contributed by atoms with Crippen LogP contribution in [0.25, 0.3) is 11.1 Å². The average molecular weight is 398 g/mol. The van der Waals surface area contributed by atoms with Gasteiger partial charge in [0.25, 0.3) is 0 Å². The van der Waals surface area contributed by atoms with Crippen LogP contribution in [-0.2, 0) is 39.5 Å². The van der Waals surface area contributed by atoms with Crippen molar-refractivity contribution in [1.82, 2.24) is 0 Å². The first kappa shape index (κ1) is 21.0. The third-order valence-corrected chi connectivity index (χ3v) is 7.84. The molecule has 0 spiro atoms. The summed E-state index contributed by atoms with van der Waals surface area (Å²) in [4.78, 5) is 0. The summed E-state index contributed by atoms with van der Waals surface area (Å²) >= 11 is 0. The third-order valence-electron chi connectivity index (χ3n) is 4.11. The van der Waals surface area contributed by atoms with E-state index in [0.717, 1.165) is 22.3 Å².